The van der Waals surface area contributed by atoms with Gasteiger partial charge in [-0.25, -0.2) is 0 Å². The van der Waals surface area contributed by atoms with Gasteiger partial charge in [0.2, 0.25) is 0 Å². The van der Waals surface area contributed by atoms with Crippen molar-refractivity contribution in [3.8, 4) is 6.07 Å². The Balaban J connectivity index is 4.32. The molecule has 0 bridgehead atoms. The summed E-state index contributed by atoms with van der Waals surface area (Å²) in [4.78, 5) is 11.6. The molecule has 84 valence electrons. The molecule has 0 amide bonds. The number of hydrogen-bond acceptors (Lipinski definition) is 3. The molecule has 0 radical (unpaired) electrons. The molecule has 0 aliphatic heterocycles. The normalized spacial score (nSPS) is 11.7. The van der Waals surface area contributed by atoms with E-state index in [1.807, 2.05) is 39.8 Å². The van der Waals surface area contributed by atoms with E-state index in [2.05, 4.69) is 0 Å². The van der Waals surface area contributed by atoms with Crippen LogP contribution in [0.5, 0.6) is 0 Å². The van der Waals surface area contributed by atoms with Crippen LogP contribution in [0.1, 0.15) is 34.1 Å². The van der Waals surface area contributed by atoms with E-state index in [0.29, 0.717) is 0 Å². The van der Waals surface area contributed by atoms with Crippen molar-refractivity contribution in [1.82, 2.24) is 0 Å². The number of esters is 1. The lowest BCUT2D eigenvalue weighted by Crippen LogP contribution is -2.21. The van der Waals surface area contributed by atoms with E-state index in [1.165, 1.54) is 0 Å². The van der Waals surface area contributed by atoms with Crippen molar-refractivity contribution in [2.45, 2.75) is 34.1 Å². The van der Waals surface area contributed by atoms with E-state index < -0.39 is 0 Å². The van der Waals surface area contributed by atoms with Gasteiger partial charge in [0.05, 0.1) is 18.4 Å². The fourth-order valence-corrected chi connectivity index (χ4v) is 1.19. The summed E-state index contributed by atoms with van der Waals surface area (Å²) in [5, 5.41) is 8.32. The van der Waals surface area contributed by atoms with Gasteiger partial charge in [-0.1, -0.05) is 25.5 Å². The number of nitrogens with zero attached hydrogens (tertiary/aromatic N) is 1. The van der Waals surface area contributed by atoms with Crippen molar-refractivity contribution in [2.24, 2.45) is 11.8 Å². The highest BCUT2D eigenvalue weighted by Gasteiger charge is 2.20. The molecule has 1 unspecified atom stereocenters. The van der Waals surface area contributed by atoms with Crippen molar-refractivity contribution in [3.05, 3.63) is 11.6 Å². The molecule has 0 saturated carbocycles. The number of carbonyl (C=O) groups excluding carboxylic acids is 1. The first-order chi connectivity index (χ1) is 6.99. The van der Waals surface area contributed by atoms with Crippen LogP contribution >= 0.6 is 0 Å². The molecule has 0 rings (SSSR count). The van der Waals surface area contributed by atoms with Gasteiger partial charge in [0, 0.05) is 0 Å². The minimum Gasteiger partial charge on any atom is -0.464 e. The van der Waals surface area contributed by atoms with Crippen LogP contribution in [0.4, 0.5) is 0 Å². The first-order valence-electron chi connectivity index (χ1n) is 5.17. The Hall–Kier alpha value is -1.30. The van der Waals surface area contributed by atoms with E-state index >= 15 is 0 Å². The Labute approximate surface area is 91.7 Å². The molecule has 3 nitrogen and oxygen atoms in total. The lowest BCUT2D eigenvalue weighted by Gasteiger charge is -2.16. The molecule has 0 saturated heterocycles. The topological polar surface area (TPSA) is 50.1 Å². The first kappa shape index (κ1) is 13.7. The van der Waals surface area contributed by atoms with Crippen LogP contribution in [-0.4, -0.2) is 12.6 Å². The zero-order valence-electron chi connectivity index (χ0n) is 9.91. The van der Waals surface area contributed by atoms with E-state index in [1.54, 1.807) is 0 Å². The fraction of sp³-hybridized carbons (Fsp3) is 0.667. The molecule has 0 fully saturated rings. The molecule has 0 aromatic heterocycles. The maximum atomic E-state index is 11.6. The number of rotatable bonds is 5. The van der Waals surface area contributed by atoms with Crippen LogP contribution in [0, 0.1) is 23.2 Å². The van der Waals surface area contributed by atoms with Crippen molar-refractivity contribution >= 4 is 5.97 Å². The molecule has 1 atom stereocenters. The molecular weight excluding hydrogens is 190 g/mol. The van der Waals surface area contributed by atoms with Crippen LogP contribution in [0.3, 0.4) is 0 Å². The quantitative estimate of drug-likeness (QED) is 0.397. The molecule has 0 aliphatic rings. The number of allylic oxidation sites excluding steroid dienone is 1. The van der Waals surface area contributed by atoms with E-state index in [0.717, 1.165) is 5.57 Å². The lowest BCUT2D eigenvalue weighted by atomic mass is 9.94. The Morgan fingerprint density at radius 1 is 1.47 bits per heavy atom. The summed E-state index contributed by atoms with van der Waals surface area (Å²) in [6.45, 7) is 8.07. The molecule has 0 N–H and O–H groups in total. The van der Waals surface area contributed by atoms with Crippen molar-refractivity contribution in [3.63, 3.8) is 0 Å². The first-order valence-corrected chi connectivity index (χ1v) is 5.17. The zero-order valence-corrected chi connectivity index (χ0v) is 9.91. The van der Waals surface area contributed by atoms with Gasteiger partial charge in [0.25, 0.3) is 0 Å². The average Bonchev–Trinajstić information content (AvgIpc) is 2.13. The van der Waals surface area contributed by atoms with Crippen molar-refractivity contribution < 1.29 is 9.53 Å². The van der Waals surface area contributed by atoms with Crippen molar-refractivity contribution in [1.29, 1.82) is 5.26 Å². The van der Waals surface area contributed by atoms with Crippen molar-refractivity contribution in [2.75, 3.05) is 6.61 Å². The number of carbonyl (C=O) groups is 1. The largest absolute Gasteiger partial charge is 0.464 e. The second-order valence-corrected chi connectivity index (χ2v) is 4.09. The third kappa shape index (κ3) is 5.90. The van der Waals surface area contributed by atoms with Crippen LogP contribution < -0.4 is 0 Å². The summed E-state index contributed by atoms with van der Waals surface area (Å²) >= 11 is 0. The predicted molar refractivity (Wildman–Crippen MR) is 58.9 cm³/mol. The number of hydrogen-bond donors (Lipinski definition) is 0. The highest BCUT2D eigenvalue weighted by Crippen LogP contribution is 2.16. The summed E-state index contributed by atoms with van der Waals surface area (Å²) < 4.78 is 5.00. The Morgan fingerprint density at radius 2 is 2.07 bits per heavy atom. The number of ether oxygens (including phenoxy) is 1. The highest BCUT2D eigenvalue weighted by molar-refractivity contribution is 5.74. The Bertz CT molecular complexity index is 270. The van der Waals surface area contributed by atoms with Crippen LogP contribution in [0.25, 0.3) is 0 Å². The van der Waals surface area contributed by atoms with E-state index in [-0.39, 0.29) is 30.8 Å². The van der Waals surface area contributed by atoms with Gasteiger partial charge < -0.3 is 4.74 Å². The van der Waals surface area contributed by atoms with Gasteiger partial charge in [-0.3, -0.25) is 4.79 Å². The molecule has 0 heterocycles. The highest BCUT2D eigenvalue weighted by atomic mass is 16.5. The standard InChI is InChI=1S/C12H19NO2/c1-9(2)8-11(10(3)4)12(14)15-7-5-6-13/h8,10-11H,5,7H2,1-4H3. The third-order valence-corrected chi connectivity index (χ3v) is 1.96. The average molecular weight is 209 g/mol. The van der Waals surface area contributed by atoms with Gasteiger partial charge in [0.15, 0.2) is 0 Å². The lowest BCUT2D eigenvalue weighted by molar-refractivity contribution is -0.147. The molecular formula is C12H19NO2. The van der Waals surface area contributed by atoms with Crippen LogP contribution in [0.2, 0.25) is 0 Å². The van der Waals surface area contributed by atoms with Gasteiger partial charge in [-0.2, -0.15) is 5.26 Å². The molecule has 0 aromatic rings. The monoisotopic (exact) mass is 209 g/mol. The minimum atomic E-state index is -0.235. The second-order valence-electron chi connectivity index (χ2n) is 4.09. The van der Waals surface area contributed by atoms with E-state index in [9.17, 15) is 4.79 Å². The summed E-state index contributed by atoms with van der Waals surface area (Å²) in [6, 6.07) is 1.94. The molecule has 15 heavy (non-hydrogen) atoms. The Morgan fingerprint density at radius 3 is 2.47 bits per heavy atom. The second kappa shape index (κ2) is 7.05. The predicted octanol–water partition coefficient (Wildman–Crippen LogP) is 2.68. The molecule has 3 heteroatoms. The molecule has 0 aromatic carbocycles. The smallest absolute Gasteiger partial charge is 0.313 e. The summed E-state index contributed by atoms with van der Waals surface area (Å²) in [5.74, 6) is -0.218. The molecule has 0 spiro atoms. The number of nitriles is 1. The van der Waals surface area contributed by atoms with E-state index in [4.69, 9.17) is 10.00 Å². The Kier molecular flexibility index (Phi) is 6.44. The maximum absolute atomic E-state index is 11.6. The maximum Gasteiger partial charge on any atom is 0.313 e. The summed E-state index contributed by atoms with van der Waals surface area (Å²) in [7, 11) is 0. The molecule has 0 aliphatic carbocycles. The van der Waals surface area contributed by atoms with Crippen LogP contribution in [-0.2, 0) is 9.53 Å². The van der Waals surface area contributed by atoms with Gasteiger partial charge >= 0.3 is 5.97 Å². The minimum absolute atomic E-state index is 0.190. The summed E-state index contributed by atoms with van der Waals surface area (Å²) in [5.41, 5.74) is 1.10. The third-order valence-electron chi connectivity index (χ3n) is 1.96. The van der Waals surface area contributed by atoms with Crippen LogP contribution in [0.15, 0.2) is 11.6 Å². The SMILES string of the molecule is CC(C)=CC(C(=O)OCCC#N)C(C)C. The zero-order chi connectivity index (χ0) is 11.8. The van der Waals surface area contributed by atoms with Gasteiger partial charge in [-0.15, -0.1) is 0 Å². The van der Waals surface area contributed by atoms with Gasteiger partial charge in [-0.05, 0) is 19.8 Å². The van der Waals surface area contributed by atoms with Gasteiger partial charge in [0.1, 0.15) is 6.61 Å². The fourth-order valence-electron chi connectivity index (χ4n) is 1.19. The summed E-state index contributed by atoms with van der Waals surface area (Å²) in [6.07, 6.45) is 2.17.